The number of piperazine rings is 1. The van der Waals surface area contributed by atoms with Gasteiger partial charge >= 0.3 is 6.18 Å². The molecule has 4 amide bonds. The summed E-state index contributed by atoms with van der Waals surface area (Å²) in [7, 11) is -11.3. The van der Waals surface area contributed by atoms with E-state index in [0.717, 1.165) is 253 Å². The van der Waals surface area contributed by atoms with E-state index in [9.17, 15) is 66.0 Å². The van der Waals surface area contributed by atoms with Crippen molar-refractivity contribution in [2.45, 2.75) is 193 Å². The summed E-state index contributed by atoms with van der Waals surface area (Å²) in [6.07, 6.45) is 16.1. The lowest BCUT2D eigenvalue weighted by atomic mass is 9.97. The SMILES string of the molecule is CCCN(C)c1cc(C)n2nc([C@@H]3CCCCN3C(=O)c3cc(Cl)ccc3NS(C)(=O)=O)cc2n1.CN1CCN(c2cc(C3CC3)nc3cc([C@@H]4CCCCN4C(=O)c4cc(Cl)ccc4NS(C)(=O)=O)nn23)CC1.Cc1ccc(NS(C)(=O)=O)c(C(=O)N2CCCC[C@H]2c2cc3nc(C)cc(C)n3n2)c1.O=C(c1cc(Cl)ccc1NS(=O)(=O)CC(F)(F)F)N1CCCC[C@H]1c1cc2nc(N3CCC3)cc(N3CCCCC3)n2n1. The number of fused-ring (bicyclic) bond motifs is 4. The van der Waals surface area contributed by atoms with E-state index in [-0.39, 0.29) is 74.6 Å². The predicted octanol–water partition coefficient (Wildman–Crippen LogP) is 16.7. The van der Waals surface area contributed by atoms with E-state index in [2.05, 4.69) is 69.8 Å². The molecule has 1 saturated carbocycles. The molecule has 792 valence electrons. The van der Waals surface area contributed by atoms with E-state index in [0.29, 0.717) is 77.6 Å². The van der Waals surface area contributed by atoms with Crippen molar-refractivity contribution in [2.75, 3.05) is 162 Å². The molecule has 12 aromatic rings. The average molecular weight is 2170 g/mol. The largest absolute Gasteiger partial charge is 0.404 e. The Labute approximate surface area is 874 Å². The maximum absolute atomic E-state index is 14.0. The maximum Gasteiger partial charge on any atom is 0.404 e. The lowest BCUT2D eigenvalue weighted by Crippen LogP contribution is -2.45. The molecule has 4 aromatic carbocycles. The topological polar surface area (TPSA) is 403 Å². The Kier molecular flexibility index (Phi) is 32.4. The van der Waals surface area contributed by atoms with E-state index < -0.39 is 64.0 Å². The molecule has 20 rings (SSSR count). The van der Waals surface area contributed by atoms with Gasteiger partial charge in [0.2, 0.25) is 40.1 Å². The Bertz CT molecular complexity index is 7500. The lowest BCUT2D eigenvalue weighted by molar-refractivity contribution is -0.106. The number of likely N-dealkylation sites (tertiary alicyclic amines) is 4. The molecular formula is C101H125Cl3F3N25O12S4. The molecule has 47 heteroatoms. The molecule has 0 radical (unpaired) electrons. The smallest absolute Gasteiger partial charge is 0.360 e. The second-order valence-electron chi connectivity index (χ2n) is 39.8. The van der Waals surface area contributed by atoms with Crippen molar-refractivity contribution >= 4 is 167 Å². The van der Waals surface area contributed by atoms with Crippen LogP contribution in [0.15, 0.2) is 121 Å². The van der Waals surface area contributed by atoms with Crippen LogP contribution < -0.4 is 38.5 Å². The van der Waals surface area contributed by atoms with Crippen LogP contribution in [-0.4, -0.2) is 270 Å². The molecular weight excluding hydrogens is 2050 g/mol. The molecule has 8 aliphatic rings. The second kappa shape index (κ2) is 44.7. The van der Waals surface area contributed by atoms with Gasteiger partial charge in [-0.05, 0) is 230 Å². The van der Waals surface area contributed by atoms with Crippen LogP contribution in [0.25, 0.3) is 22.6 Å². The molecule has 8 fully saturated rings. The van der Waals surface area contributed by atoms with Crippen LogP contribution in [0.5, 0.6) is 0 Å². The predicted molar refractivity (Wildman–Crippen MR) is 569 cm³/mol. The summed E-state index contributed by atoms with van der Waals surface area (Å²) in [5, 5.41) is 20.4. The van der Waals surface area contributed by atoms with Crippen LogP contribution in [0.3, 0.4) is 0 Å². The summed E-state index contributed by atoms with van der Waals surface area (Å²) in [5.74, 6) is 0.951. The van der Waals surface area contributed by atoms with Crippen molar-refractivity contribution in [1.29, 1.82) is 0 Å². The van der Waals surface area contributed by atoms with E-state index in [1.807, 2.05) is 104 Å². The van der Waals surface area contributed by atoms with Crippen molar-refractivity contribution in [1.82, 2.24) is 82.9 Å². The Hall–Kier alpha value is -11.9. The van der Waals surface area contributed by atoms with Crippen molar-refractivity contribution in [2.24, 2.45) is 0 Å². The summed E-state index contributed by atoms with van der Waals surface area (Å²) < 4.78 is 151. The van der Waals surface area contributed by atoms with E-state index >= 15 is 0 Å². The standard InChI is InChI=1S/C28H33ClF3N7O3S.C27H34ClN7O3S.C24H31ClN6O3S.C22H27N5O3S/c29-19-8-9-21(35-43(41,42)18-28(30,31)32)20(15-19)27(40)38-14-5-2-7-23(38)22-16-25-33-24(36-12-6-13-36)17-26(39(25)34-22)37-10-3-1-4-11-37;1-32-11-13-33(14-12-32)26-17-22(18-6-7-18)29-25-16-23(30-35(25)26)24-5-3-4-10-34(24)27(36)20-15-19(28)8-9-21(20)31-39(2,37)38;1-5-11-29(3)22-13-16(2)31-23(26-22)15-20(27-31)21-8-6-7-12-30(21)24(32)18-14-17(25)9-10-19(18)28-35(4,33)34;1-14-8-9-18(25-31(4,29)30)17(11-14)22(28)26-10-6-5-7-20(26)19-13-21-23-15(2)12-16(3)27(21)24-19/h8-9,15-17,23,35H,1-7,10-14,18H2;8-9,15-18,24,31H,3-7,10-14H2,1-2H3;9-10,13-15,21,28H,5-8,11-12H2,1-4H3;8-9,11-13,20,25H,5-7,10H2,1-4H3/t23-;24-;21-;20-/m0000/s1. The molecule has 0 spiro atoms. The summed E-state index contributed by atoms with van der Waals surface area (Å²) in [6.45, 7) is 20.5. The number of nitrogens with one attached hydrogen (secondary N) is 4. The summed E-state index contributed by atoms with van der Waals surface area (Å²) in [6, 6.07) is 33.2. The highest BCUT2D eigenvalue weighted by molar-refractivity contribution is 7.93. The molecule has 7 aliphatic heterocycles. The van der Waals surface area contributed by atoms with Crippen LogP contribution in [0.4, 0.5) is 59.2 Å². The number of halogens is 6. The highest BCUT2D eigenvalue weighted by Crippen LogP contribution is 2.45. The number of piperidine rings is 5. The van der Waals surface area contributed by atoms with Crippen LogP contribution >= 0.6 is 34.8 Å². The molecule has 37 nitrogen and oxygen atoms in total. The number of benzene rings is 4. The van der Waals surface area contributed by atoms with E-state index in [4.69, 9.17) is 70.1 Å². The van der Waals surface area contributed by atoms with E-state index in [1.54, 1.807) is 40.1 Å². The van der Waals surface area contributed by atoms with Crippen LogP contribution in [0.1, 0.15) is 252 Å². The number of anilines is 8. The Balaban J connectivity index is 0.000000136. The zero-order chi connectivity index (χ0) is 105. The molecule has 1 aliphatic carbocycles. The van der Waals surface area contributed by atoms with Crippen molar-refractivity contribution in [3.8, 4) is 0 Å². The minimum Gasteiger partial charge on any atom is -0.360 e. The first-order valence-electron chi connectivity index (χ1n) is 50.2. The molecule has 0 unspecified atom stereocenters. The number of carbonyl (C=O) groups is 4. The number of rotatable bonds is 24. The zero-order valence-electron chi connectivity index (χ0n) is 84.5. The summed E-state index contributed by atoms with van der Waals surface area (Å²) in [5.41, 5.74) is 12.0. The number of carbonyl (C=O) groups excluding carboxylic acids is 4. The Morgan fingerprint density at radius 3 is 1.18 bits per heavy atom. The number of amides is 4. The molecule has 8 aromatic heterocycles. The third-order valence-corrected chi connectivity index (χ3v) is 31.5. The van der Waals surface area contributed by atoms with Crippen molar-refractivity contribution < 1.29 is 66.0 Å². The van der Waals surface area contributed by atoms with Gasteiger partial charge in [-0.3, -0.25) is 38.1 Å². The fourth-order valence-electron chi connectivity index (χ4n) is 20.4. The van der Waals surface area contributed by atoms with Gasteiger partial charge in [-0.2, -0.15) is 42.6 Å². The fraction of sp³-hybridized carbons (Fsp3) is 0.485. The average Bonchev–Trinajstić information content (AvgIpc) is 1.61. The van der Waals surface area contributed by atoms with Gasteiger partial charge in [0, 0.05) is 178 Å². The first-order valence-corrected chi connectivity index (χ1v) is 58.7. The zero-order valence-corrected chi connectivity index (χ0v) is 90.0. The fourth-order valence-corrected chi connectivity index (χ4v) is 23.7. The molecule has 0 bridgehead atoms. The highest BCUT2D eigenvalue weighted by Gasteiger charge is 2.42. The Morgan fingerprint density at radius 2 is 0.764 bits per heavy atom. The van der Waals surface area contributed by atoms with Gasteiger partial charge in [-0.1, -0.05) is 53.4 Å². The number of nitrogens with zero attached hydrogens (tertiary/aromatic N) is 21. The van der Waals surface area contributed by atoms with Crippen LogP contribution in [0, 0.1) is 27.7 Å². The number of sulfonamides is 4. The minimum atomic E-state index is -4.94. The number of hydrogen-bond acceptors (Lipinski definition) is 25. The molecule has 15 heterocycles. The molecule has 4 N–H and O–H groups in total. The number of likely N-dealkylation sites (N-methyl/N-ethyl adjacent to an activating group) is 1. The van der Waals surface area contributed by atoms with Gasteiger partial charge in [0.05, 0.1) is 111 Å². The molecule has 148 heavy (non-hydrogen) atoms. The minimum absolute atomic E-state index is 0.124. The van der Waals surface area contributed by atoms with Gasteiger partial charge in [0.15, 0.2) is 28.3 Å². The van der Waals surface area contributed by atoms with Crippen LogP contribution in [-0.2, 0) is 40.1 Å². The molecule has 7 saturated heterocycles. The highest BCUT2D eigenvalue weighted by atomic mass is 35.5. The summed E-state index contributed by atoms with van der Waals surface area (Å²) in [4.78, 5) is 92.9. The second-order valence-corrected chi connectivity index (χ2v) is 48.1. The first-order chi connectivity index (χ1) is 70.3. The van der Waals surface area contributed by atoms with Crippen LogP contribution in [0.2, 0.25) is 15.1 Å². The Morgan fingerprint density at radius 1 is 0.392 bits per heavy atom. The normalized spacial score (nSPS) is 18.8. The number of hydrogen-bond donors (Lipinski definition) is 4. The number of alkyl halides is 3. The van der Waals surface area contributed by atoms with Gasteiger partial charge < -0.3 is 44.1 Å². The van der Waals surface area contributed by atoms with Crippen molar-refractivity contribution in [3.63, 3.8) is 0 Å². The van der Waals surface area contributed by atoms with Gasteiger partial charge in [-0.25, -0.2) is 62.6 Å². The number of aryl methyl sites for hydroxylation is 4. The van der Waals surface area contributed by atoms with Gasteiger partial charge in [-0.15, -0.1) is 0 Å². The molecule has 4 atom stereocenters. The monoisotopic (exact) mass is 2170 g/mol. The van der Waals surface area contributed by atoms with E-state index in [1.165, 1.54) is 61.7 Å². The first kappa shape index (κ1) is 107. The lowest BCUT2D eigenvalue weighted by Gasteiger charge is -2.35. The maximum atomic E-state index is 14.0. The summed E-state index contributed by atoms with van der Waals surface area (Å²) >= 11 is 18.6. The number of aromatic nitrogens is 12. The quantitative estimate of drug-likeness (QED) is 0.0436. The van der Waals surface area contributed by atoms with Crippen molar-refractivity contribution in [3.05, 3.63) is 210 Å². The third kappa shape index (κ3) is 25.7. The third-order valence-electron chi connectivity index (χ3n) is 27.8. The van der Waals surface area contributed by atoms with Gasteiger partial charge in [0.25, 0.3) is 23.6 Å². The van der Waals surface area contributed by atoms with Gasteiger partial charge in [0.1, 0.15) is 23.3 Å².